The van der Waals surface area contributed by atoms with Gasteiger partial charge in [-0.15, -0.1) is 0 Å². The highest BCUT2D eigenvalue weighted by molar-refractivity contribution is 9.09. The third kappa shape index (κ3) is 16.2. The predicted octanol–water partition coefficient (Wildman–Crippen LogP) is 5.08. The van der Waals surface area contributed by atoms with Crippen molar-refractivity contribution in [2.75, 3.05) is 18.5 Å². The summed E-state index contributed by atoms with van der Waals surface area (Å²) in [5, 5.41) is 1.07. The van der Waals surface area contributed by atoms with E-state index in [-0.39, 0.29) is 6.61 Å². The maximum atomic E-state index is 11.7. The lowest BCUT2D eigenvalue weighted by molar-refractivity contribution is -0.145. The number of hydrogen-bond acceptors (Lipinski definition) is 1. The molecule has 0 saturated heterocycles. The van der Waals surface area contributed by atoms with E-state index < -0.39 is 12.6 Å². The number of ether oxygens (including phenoxy) is 1. The number of halogens is 4. The highest BCUT2D eigenvalue weighted by atomic mass is 79.9. The van der Waals surface area contributed by atoms with Crippen molar-refractivity contribution in [2.45, 2.75) is 57.5 Å². The van der Waals surface area contributed by atoms with Crippen LogP contribution in [-0.4, -0.2) is 24.7 Å². The summed E-state index contributed by atoms with van der Waals surface area (Å²) in [6, 6.07) is 0. The van der Waals surface area contributed by atoms with Gasteiger partial charge in [-0.25, -0.2) is 0 Å². The second-order valence-electron chi connectivity index (χ2n) is 4.14. The van der Waals surface area contributed by atoms with Crippen molar-refractivity contribution in [1.82, 2.24) is 0 Å². The smallest absolute Gasteiger partial charge is 0.381 e. The molecule has 0 radical (unpaired) electrons. The van der Waals surface area contributed by atoms with Crippen LogP contribution in [0, 0.1) is 0 Å². The molecule has 0 bridgehead atoms. The Morgan fingerprint density at radius 2 is 1.29 bits per heavy atom. The maximum Gasteiger partial charge on any atom is 0.391 e. The van der Waals surface area contributed by atoms with Gasteiger partial charge in [-0.1, -0.05) is 48.0 Å². The second kappa shape index (κ2) is 11.3. The van der Waals surface area contributed by atoms with E-state index in [1.54, 1.807) is 0 Å². The molecule has 17 heavy (non-hydrogen) atoms. The van der Waals surface area contributed by atoms with Crippen LogP contribution in [0.25, 0.3) is 0 Å². The highest BCUT2D eigenvalue weighted by Crippen LogP contribution is 2.19. The topological polar surface area (TPSA) is 9.23 Å². The molecule has 0 aromatic carbocycles. The molecule has 0 aliphatic rings. The Hall–Kier alpha value is 0.230. The molecule has 5 heteroatoms. The normalized spacial score (nSPS) is 12.0. The quantitative estimate of drug-likeness (QED) is 0.381. The van der Waals surface area contributed by atoms with E-state index in [0.29, 0.717) is 6.61 Å². The van der Waals surface area contributed by atoms with Crippen LogP contribution in [0.4, 0.5) is 13.2 Å². The van der Waals surface area contributed by atoms with Crippen molar-refractivity contribution in [3.63, 3.8) is 0 Å². The molecule has 0 aliphatic heterocycles. The molecule has 104 valence electrons. The molecule has 0 rings (SSSR count). The SMILES string of the molecule is FC(F)(F)CCOCCCCCCCCCBr. The van der Waals surface area contributed by atoms with Crippen molar-refractivity contribution in [3.05, 3.63) is 0 Å². The van der Waals surface area contributed by atoms with Crippen molar-refractivity contribution in [1.29, 1.82) is 0 Å². The van der Waals surface area contributed by atoms with Gasteiger partial charge in [0.1, 0.15) is 0 Å². The van der Waals surface area contributed by atoms with Crippen LogP contribution in [0.3, 0.4) is 0 Å². The van der Waals surface area contributed by atoms with Gasteiger partial charge >= 0.3 is 6.18 Å². The van der Waals surface area contributed by atoms with Crippen LogP contribution < -0.4 is 0 Å². The van der Waals surface area contributed by atoms with E-state index in [2.05, 4.69) is 15.9 Å². The molecule has 1 nitrogen and oxygen atoms in total. The van der Waals surface area contributed by atoms with E-state index in [1.807, 2.05) is 0 Å². The molecule has 0 aromatic heterocycles. The van der Waals surface area contributed by atoms with E-state index in [1.165, 1.54) is 25.7 Å². The fourth-order valence-corrected chi connectivity index (χ4v) is 1.87. The Kier molecular flexibility index (Phi) is 11.5. The molecule has 0 aromatic rings. The Labute approximate surface area is 110 Å². The first-order valence-corrected chi connectivity index (χ1v) is 7.39. The third-order valence-electron chi connectivity index (χ3n) is 2.45. The lowest BCUT2D eigenvalue weighted by Crippen LogP contribution is -2.11. The number of unbranched alkanes of at least 4 members (excludes halogenated alkanes) is 6. The summed E-state index contributed by atoms with van der Waals surface area (Å²) in [5.74, 6) is 0. The van der Waals surface area contributed by atoms with Crippen LogP contribution in [0.1, 0.15) is 51.4 Å². The predicted molar refractivity (Wildman–Crippen MR) is 67.6 cm³/mol. The van der Waals surface area contributed by atoms with Gasteiger partial charge in [-0.3, -0.25) is 0 Å². The van der Waals surface area contributed by atoms with E-state index in [9.17, 15) is 13.2 Å². The summed E-state index contributed by atoms with van der Waals surface area (Å²) in [4.78, 5) is 0. The third-order valence-corrected chi connectivity index (χ3v) is 3.01. The van der Waals surface area contributed by atoms with E-state index in [4.69, 9.17) is 4.74 Å². The largest absolute Gasteiger partial charge is 0.391 e. The average Bonchev–Trinajstić information content (AvgIpc) is 2.24. The molecule has 0 aliphatic carbocycles. The van der Waals surface area contributed by atoms with Gasteiger partial charge in [0.15, 0.2) is 0 Å². The van der Waals surface area contributed by atoms with E-state index in [0.717, 1.165) is 24.6 Å². The Balaban J connectivity index is 2.99. The molecule has 0 spiro atoms. The van der Waals surface area contributed by atoms with Gasteiger partial charge in [0.25, 0.3) is 0 Å². The summed E-state index contributed by atoms with van der Waals surface area (Å²) < 4.78 is 40.2. The van der Waals surface area contributed by atoms with Crippen molar-refractivity contribution in [2.24, 2.45) is 0 Å². The number of hydrogen-bond donors (Lipinski definition) is 0. The molecular weight excluding hydrogens is 297 g/mol. The minimum absolute atomic E-state index is 0.200. The zero-order chi connectivity index (χ0) is 13.0. The molecule has 0 saturated carbocycles. The van der Waals surface area contributed by atoms with Crippen LogP contribution in [0.15, 0.2) is 0 Å². The molecule has 0 unspecified atom stereocenters. The average molecular weight is 319 g/mol. The summed E-state index contributed by atoms with van der Waals surface area (Å²) >= 11 is 3.38. The Morgan fingerprint density at radius 3 is 1.82 bits per heavy atom. The Bertz CT molecular complexity index is 162. The first-order valence-electron chi connectivity index (χ1n) is 6.27. The lowest BCUT2D eigenvalue weighted by atomic mass is 10.1. The lowest BCUT2D eigenvalue weighted by Gasteiger charge is -2.07. The highest BCUT2D eigenvalue weighted by Gasteiger charge is 2.26. The van der Waals surface area contributed by atoms with Crippen LogP contribution in [0.5, 0.6) is 0 Å². The summed E-state index contributed by atoms with van der Waals surface area (Å²) in [6.07, 6.45) is 3.11. The fourth-order valence-electron chi connectivity index (χ4n) is 1.47. The summed E-state index contributed by atoms with van der Waals surface area (Å²) in [7, 11) is 0. The minimum atomic E-state index is -4.09. The van der Waals surface area contributed by atoms with Crippen LogP contribution in [0.2, 0.25) is 0 Å². The van der Waals surface area contributed by atoms with Crippen molar-refractivity contribution in [3.8, 4) is 0 Å². The van der Waals surface area contributed by atoms with Gasteiger partial charge < -0.3 is 4.74 Å². The van der Waals surface area contributed by atoms with E-state index >= 15 is 0 Å². The van der Waals surface area contributed by atoms with Gasteiger partial charge in [0, 0.05) is 11.9 Å². The number of alkyl halides is 4. The zero-order valence-corrected chi connectivity index (χ0v) is 11.8. The molecule has 0 heterocycles. The molecule has 0 fully saturated rings. The molecular formula is C12H22BrF3O. The summed E-state index contributed by atoms with van der Waals surface area (Å²) in [5.41, 5.74) is 0. The van der Waals surface area contributed by atoms with Crippen LogP contribution >= 0.6 is 15.9 Å². The Morgan fingerprint density at radius 1 is 0.765 bits per heavy atom. The minimum Gasteiger partial charge on any atom is -0.381 e. The zero-order valence-electron chi connectivity index (χ0n) is 10.2. The maximum absolute atomic E-state index is 11.7. The number of rotatable bonds is 11. The molecule has 0 atom stereocenters. The summed E-state index contributed by atoms with van der Waals surface area (Å²) in [6.45, 7) is 0.256. The van der Waals surface area contributed by atoms with Gasteiger partial charge in [-0.2, -0.15) is 13.2 Å². The van der Waals surface area contributed by atoms with Gasteiger partial charge in [0.05, 0.1) is 13.0 Å². The van der Waals surface area contributed by atoms with Crippen molar-refractivity contribution >= 4 is 15.9 Å². The first kappa shape index (κ1) is 17.2. The first-order chi connectivity index (χ1) is 8.06. The molecule has 0 N–H and O–H groups in total. The van der Waals surface area contributed by atoms with Gasteiger partial charge in [-0.05, 0) is 12.8 Å². The fraction of sp³-hybridized carbons (Fsp3) is 1.00. The molecule has 0 amide bonds. The monoisotopic (exact) mass is 318 g/mol. The second-order valence-corrected chi connectivity index (χ2v) is 4.93. The van der Waals surface area contributed by atoms with Crippen molar-refractivity contribution < 1.29 is 17.9 Å². The standard InChI is InChI=1S/C12H22BrF3O/c13-9-6-4-2-1-3-5-7-10-17-11-8-12(14,15)16/h1-11H2. The van der Waals surface area contributed by atoms with Crippen LogP contribution in [-0.2, 0) is 4.74 Å². The van der Waals surface area contributed by atoms with Gasteiger partial charge in [0.2, 0.25) is 0 Å².